The summed E-state index contributed by atoms with van der Waals surface area (Å²) in [4.78, 5) is 26.2. The number of carbonyl (C=O) groups excluding carboxylic acids is 1. The Kier molecular flexibility index (Phi) is 4.83. The van der Waals surface area contributed by atoms with Crippen LogP contribution in [-0.4, -0.2) is 40.2 Å². The van der Waals surface area contributed by atoms with Gasteiger partial charge < -0.3 is 15.0 Å². The normalized spacial score (nSPS) is 22.1. The Bertz CT molecular complexity index is 1120. The topological polar surface area (TPSA) is 80.2 Å². The molecule has 1 saturated carbocycles. The van der Waals surface area contributed by atoms with Crippen molar-refractivity contribution in [1.29, 1.82) is 0 Å². The number of ether oxygens (including phenoxy) is 1. The lowest BCUT2D eigenvalue weighted by atomic mass is 10.2. The van der Waals surface area contributed by atoms with Crippen LogP contribution in [0.15, 0.2) is 36.5 Å². The van der Waals surface area contributed by atoms with Crippen LogP contribution in [0.2, 0.25) is 10.4 Å². The SMILES string of the molecule is O=C(NCc1ccccc1)OC1C2CN(c3nc(Cl)nc4c(F)c(Cl)ncc34)CC21. The first-order valence-electron chi connectivity index (χ1n) is 9.42. The van der Waals surface area contributed by atoms with Gasteiger partial charge >= 0.3 is 6.09 Å². The number of piperidine rings is 1. The second kappa shape index (κ2) is 7.52. The highest BCUT2D eigenvalue weighted by Gasteiger charge is 2.59. The Morgan fingerprint density at radius 1 is 1.20 bits per heavy atom. The van der Waals surface area contributed by atoms with Crippen LogP contribution < -0.4 is 10.2 Å². The fourth-order valence-corrected chi connectivity index (χ4v) is 4.29. The summed E-state index contributed by atoms with van der Waals surface area (Å²) in [6.07, 6.45) is 0.882. The van der Waals surface area contributed by atoms with Gasteiger partial charge in [-0.15, -0.1) is 0 Å². The van der Waals surface area contributed by atoms with Gasteiger partial charge in [0.2, 0.25) is 5.28 Å². The highest BCUT2D eigenvalue weighted by atomic mass is 35.5. The summed E-state index contributed by atoms with van der Waals surface area (Å²) in [5.41, 5.74) is 1.05. The number of halogens is 3. The fourth-order valence-electron chi connectivity index (χ4n) is 3.99. The summed E-state index contributed by atoms with van der Waals surface area (Å²) in [7, 11) is 0. The largest absolute Gasteiger partial charge is 0.445 e. The van der Waals surface area contributed by atoms with E-state index in [1.165, 1.54) is 6.20 Å². The maximum absolute atomic E-state index is 14.3. The number of fused-ring (bicyclic) bond motifs is 2. The fraction of sp³-hybridized carbons (Fsp3) is 0.300. The third-order valence-corrected chi connectivity index (χ3v) is 5.96. The van der Waals surface area contributed by atoms with Crippen molar-refractivity contribution in [2.75, 3.05) is 18.0 Å². The number of nitrogens with zero attached hydrogens (tertiary/aromatic N) is 4. The van der Waals surface area contributed by atoms with E-state index in [-0.39, 0.29) is 33.9 Å². The molecule has 2 aliphatic rings. The summed E-state index contributed by atoms with van der Waals surface area (Å²) >= 11 is 11.8. The number of pyridine rings is 1. The summed E-state index contributed by atoms with van der Waals surface area (Å²) in [5.74, 6) is 0.177. The molecule has 0 spiro atoms. The maximum atomic E-state index is 14.3. The maximum Gasteiger partial charge on any atom is 0.407 e. The van der Waals surface area contributed by atoms with Gasteiger partial charge in [-0.25, -0.2) is 19.2 Å². The van der Waals surface area contributed by atoms with Gasteiger partial charge in [0, 0.05) is 37.7 Å². The van der Waals surface area contributed by atoms with Gasteiger partial charge in [0.25, 0.3) is 0 Å². The Morgan fingerprint density at radius 3 is 2.67 bits per heavy atom. The van der Waals surface area contributed by atoms with Crippen LogP contribution in [0.4, 0.5) is 15.0 Å². The molecule has 30 heavy (non-hydrogen) atoms. The Hall–Kier alpha value is -2.71. The van der Waals surface area contributed by atoms with Crippen LogP contribution in [0.5, 0.6) is 0 Å². The number of alkyl carbamates (subject to hydrolysis) is 1. The van der Waals surface area contributed by atoms with Gasteiger partial charge in [-0.2, -0.15) is 4.98 Å². The molecule has 2 fully saturated rings. The molecule has 1 N–H and O–H groups in total. The molecule has 3 heterocycles. The van der Waals surface area contributed by atoms with E-state index in [9.17, 15) is 9.18 Å². The molecule has 2 unspecified atom stereocenters. The molecular formula is C20H16Cl2FN5O2. The molecule has 0 radical (unpaired) electrons. The monoisotopic (exact) mass is 447 g/mol. The molecule has 3 aromatic rings. The molecule has 0 bridgehead atoms. The van der Waals surface area contributed by atoms with Crippen molar-refractivity contribution in [2.45, 2.75) is 12.6 Å². The van der Waals surface area contributed by atoms with E-state index in [0.717, 1.165) is 5.56 Å². The van der Waals surface area contributed by atoms with Crippen LogP contribution in [0.3, 0.4) is 0 Å². The van der Waals surface area contributed by atoms with Crippen LogP contribution in [0.1, 0.15) is 5.56 Å². The van der Waals surface area contributed by atoms with Gasteiger partial charge in [-0.05, 0) is 17.2 Å². The number of aromatic nitrogens is 3. The highest BCUT2D eigenvalue weighted by Crippen LogP contribution is 2.49. The minimum atomic E-state index is -0.722. The van der Waals surface area contributed by atoms with Crippen molar-refractivity contribution < 1.29 is 13.9 Å². The summed E-state index contributed by atoms with van der Waals surface area (Å²) in [6.45, 7) is 1.66. The van der Waals surface area contributed by atoms with Crippen molar-refractivity contribution in [2.24, 2.45) is 11.8 Å². The Balaban J connectivity index is 1.23. The molecule has 154 valence electrons. The van der Waals surface area contributed by atoms with Gasteiger partial charge in [0.15, 0.2) is 11.0 Å². The first-order valence-corrected chi connectivity index (χ1v) is 10.2. The summed E-state index contributed by atoms with van der Waals surface area (Å²) in [5, 5.41) is 2.89. The molecular weight excluding hydrogens is 432 g/mol. The van der Waals surface area contributed by atoms with E-state index in [4.69, 9.17) is 27.9 Å². The van der Waals surface area contributed by atoms with Crippen molar-refractivity contribution in [1.82, 2.24) is 20.3 Å². The van der Waals surface area contributed by atoms with Crippen LogP contribution >= 0.6 is 23.2 Å². The summed E-state index contributed by atoms with van der Waals surface area (Å²) in [6, 6.07) is 9.63. The first-order chi connectivity index (χ1) is 14.5. The lowest BCUT2D eigenvalue weighted by Gasteiger charge is -2.22. The zero-order valence-corrected chi connectivity index (χ0v) is 17.1. The van der Waals surface area contributed by atoms with Gasteiger partial charge in [0.05, 0.1) is 5.39 Å². The van der Waals surface area contributed by atoms with Crippen molar-refractivity contribution in [3.05, 3.63) is 58.3 Å². The zero-order chi connectivity index (χ0) is 20.8. The predicted molar refractivity (Wildman–Crippen MR) is 110 cm³/mol. The standard InChI is InChI=1S/C20H16Cl2FN5O2/c21-17-14(23)15-11(7-24-17)18(27-19(22)26-15)28-8-12-13(9-28)16(12)30-20(29)25-6-10-4-2-1-3-5-10/h1-5,7,12-13,16H,6,8-9H2,(H,25,29). The third kappa shape index (κ3) is 3.50. The molecule has 1 amide bonds. The number of carbonyl (C=O) groups is 1. The lowest BCUT2D eigenvalue weighted by Crippen LogP contribution is -2.31. The minimum Gasteiger partial charge on any atom is -0.445 e. The predicted octanol–water partition coefficient (Wildman–Crippen LogP) is 3.83. The quantitative estimate of drug-likeness (QED) is 0.483. The van der Waals surface area contributed by atoms with E-state index in [2.05, 4.69) is 20.3 Å². The first kappa shape index (κ1) is 19.3. The van der Waals surface area contributed by atoms with E-state index < -0.39 is 11.9 Å². The van der Waals surface area contributed by atoms with Gasteiger partial charge in [-0.3, -0.25) is 0 Å². The minimum absolute atomic E-state index is 0.0404. The molecule has 1 aliphatic heterocycles. The van der Waals surface area contributed by atoms with E-state index in [1.54, 1.807) is 0 Å². The van der Waals surface area contributed by atoms with Crippen LogP contribution in [-0.2, 0) is 11.3 Å². The molecule has 1 aromatic carbocycles. The number of anilines is 1. The lowest BCUT2D eigenvalue weighted by molar-refractivity contribution is 0.127. The molecule has 7 nitrogen and oxygen atoms in total. The second-order valence-corrected chi connectivity index (χ2v) is 8.08. The Labute approximate surface area is 181 Å². The molecule has 10 heteroatoms. The number of benzene rings is 1. The van der Waals surface area contributed by atoms with Crippen molar-refractivity contribution >= 4 is 46.0 Å². The number of amides is 1. The average Bonchev–Trinajstić information content (AvgIpc) is 3.18. The third-order valence-electron chi connectivity index (χ3n) is 5.53. The van der Waals surface area contributed by atoms with E-state index in [0.29, 0.717) is 30.8 Å². The van der Waals surface area contributed by atoms with Crippen LogP contribution in [0.25, 0.3) is 10.9 Å². The highest BCUT2D eigenvalue weighted by molar-refractivity contribution is 6.30. The number of hydrogen-bond donors (Lipinski definition) is 1. The molecule has 1 saturated heterocycles. The summed E-state index contributed by atoms with van der Waals surface area (Å²) < 4.78 is 19.9. The van der Waals surface area contributed by atoms with Gasteiger partial charge in [-0.1, -0.05) is 41.9 Å². The molecule has 2 aromatic heterocycles. The zero-order valence-electron chi connectivity index (χ0n) is 15.6. The second-order valence-electron chi connectivity index (χ2n) is 7.38. The number of rotatable bonds is 4. The smallest absolute Gasteiger partial charge is 0.407 e. The molecule has 2 atom stereocenters. The van der Waals surface area contributed by atoms with Crippen molar-refractivity contribution in [3.8, 4) is 0 Å². The van der Waals surface area contributed by atoms with Crippen molar-refractivity contribution in [3.63, 3.8) is 0 Å². The molecule has 5 rings (SSSR count). The number of nitrogens with one attached hydrogen (secondary N) is 1. The number of hydrogen-bond acceptors (Lipinski definition) is 6. The van der Waals surface area contributed by atoms with E-state index in [1.807, 2.05) is 35.2 Å². The average molecular weight is 448 g/mol. The van der Waals surface area contributed by atoms with Gasteiger partial charge in [0.1, 0.15) is 17.4 Å². The molecule has 1 aliphatic carbocycles. The van der Waals surface area contributed by atoms with Crippen LogP contribution in [0, 0.1) is 17.7 Å². The van der Waals surface area contributed by atoms with E-state index >= 15 is 0 Å². The Morgan fingerprint density at radius 2 is 1.93 bits per heavy atom.